The molecule has 0 radical (unpaired) electrons. The second-order valence-corrected chi connectivity index (χ2v) is 15.3. The van der Waals surface area contributed by atoms with E-state index >= 15 is 0 Å². The summed E-state index contributed by atoms with van der Waals surface area (Å²) in [6.45, 7) is 0.627. The zero-order valence-corrected chi connectivity index (χ0v) is 36.6. The number of anilines is 2. The number of amides is 2. The summed E-state index contributed by atoms with van der Waals surface area (Å²) in [6, 6.07) is 49.7. The standard InChI is InChI=1S/C27H25FN2O2.C17H13FN2O2.C10H13Cl/c28-23-13-16-26(30-17-5-6-18-30)25(20-23)29-27(31)22-11-14-24(15-12-22)32-19-7-4-10-21-8-2-1-3-9-21;18-13-5-8-16(20-9-1-2-10-20)15(11-13)19-17(22)12-3-6-14(21)7-4-12;11-9-5-4-8-10-6-2-1-3-7-10/h1-3,5-6,8-9,11-18,20H,4,7,10,19H2,(H,29,31);1-11,21H,(H,19,22);1-3,6-7H,4-5,8-9H2. The summed E-state index contributed by atoms with van der Waals surface area (Å²) < 4.78 is 36.7. The van der Waals surface area contributed by atoms with Crippen molar-refractivity contribution in [3.05, 3.63) is 229 Å². The molecule has 8 rings (SSSR count). The van der Waals surface area contributed by atoms with E-state index in [4.69, 9.17) is 16.3 Å². The van der Waals surface area contributed by atoms with Crippen LogP contribution in [-0.4, -0.2) is 38.5 Å². The fourth-order valence-corrected chi connectivity index (χ4v) is 6.88. The highest BCUT2D eigenvalue weighted by atomic mass is 35.5. The summed E-state index contributed by atoms with van der Waals surface area (Å²) in [7, 11) is 0. The highest BCUT2D eigenvalue weighted by molar-refractivity contribution is 6.17. The predicted octanol–water partition coefficient (Wildman–Crippen LogP) is 13.1. The lowest BCUT2D eigenvalue weighted by atomic mass is 10.1. The number of hydrogen-bond donors (Lipinski definition) is 3. The summed E-state index contributed by atoms with van der Waals surface area (Å²) in [6.07, 6.45) is 13.8. The van der Waals surface area contributed by atoms with E-state index in [9.17, 15) is 23.5 Å². The molecule has 0 bridgehead atoms. The Morgan fingerprint density at radius 3 is 1.40 bits per heavy atom. The number of carbonyl (C=O) groups is 2. The van der Waals surface area contributed by atoms with Crippen molar-refractivity contribution >= 4 is 34.8 Å². The molecular formula is C54H51ClF2N4O4. The largest absolute Gasteiger partial charge is 0.508 e. The van der Waals surface area contributed by atoms with E-state index in [0.717, 1.165) is 43.7 Å². The smallest absolute Gasteiger partial charge is 0.255 e. The molecule has 2 aromatic heterocycles. The molecule has 0 atom stereocenters. The van der Waals surface area contributed by atoms with Crippen LogP contribution in [0.4, 0.5) is 20.2 Å². The maximum Gasteiger partial charge on any atom is 0.255 e. The number of unbranched alkanes of at least 4 members (excludes halogenated alkanes) is 2. The number of aryl methyl sites for hydroxylation is 2. The maximum absolute atomic E-state index is 13.8. The number of aromatic nitrogens is 2. The van der Waals surface area contributed by atoms with Crippen molar-refractivity contribution in [1.29, 1.82) is 0 Å². The number of rotatable bonds is 16. The number of aromatic hydroxyl groups is 1. The number of ether oxygens (including phenoxy) is 1. The van der Waals surface area contributed by atoms with E-state index in [0.29, 0.717) is 40.5 Å². The molecule has 8 nitrogen and oxygen atoms in total. The van der Waals surface area contributed by atoms with Crippen LogP contribution in [0.2, 0.25) is 0 Å². The number of nitrogens with one attached hydrogen (secondary N) is 2. The highest BCUT2D eigenvalue weighted by Gasteiger charge is 2.13. The van der Waals surface area contributed by atoms with Crippen LogP contribution < -0.4 is 15.4 Å². The summed E-state index contributed by atoms with van der Waals surface area (Å²) >= 11 is 5.57. The lowest BCUT2D eigenvalue weighted by molar-refractivity contribution is 0.101. The Kier molecular flexibility index (Phi) is 18.1. The Morgan fingerprint density at radius 2 is 0.954 bits per heavy atom. The number of carbonyl (C=O) groups excluding carboxylic acids is 2. The Bertz CT molecular complexity index is 2640. The van der Waals surface area contributed by atoms with Gasteiger partial charge in [-0.3, -0.25) is 9.59 Å². The van der Waals surface area contributed by atoms with Gasteiger partial charge in [0, 0.05) is 41.8 Å². The molecule has 0 unspecified atom stereocenters. The molecule has 65 heavy (non-hydrogen) atoms. The van der Waals surface area contributed by atoms with Crippen LogP contribution in [-0.2, 0) is 12.8 Å². The number of alkyl halides is 1. The predicted molar refractivity (Wildman–Crippen MR) is 257 cm³/mol. The van der Waals surface area contributed by atoms with Crippen molar-refractivity contribution in [3.8, 4) is 22.9 Å². The molecule has 6 aromatic carbocycles. The van der Waals surface area contributed by atoms with E-state index in [2.05, 4.69) is 59.2 Å². The van der Waals surface area contributed by atoms with Crippen LogP contribution in [0.1, 0.15) is 57.5 Å². The van der Waals surface area contributed by atoms with Gasteiger partial charge in [-0.1, -0.05) is 60.7 Å². The zero-order chi connectivity index (χ0) is 45.6. The molecule has 332 valence electrons. The molecular weight excluding hydrogens is 842 g/mol. The second-order valence-electron chi connectivity index (χ2n) is 14.9. The van der Waals surface area contributed by atoms with Crippen molar-refractivity contribution in [3.63, 3.8) is 0 Å². The fraction of sp³-hybridized carbons (Fsp3) is 0.148. The zero-order valence-electron chi connectivity index (χ0n) is 35.8. The molecule has 2 amide bonds. The quantitative estimate of drug-likeness (QED) is 0.0665. The Hall–Kier alpha value is -7.43. The van der Waals surface area contributed by atoms with Crippen molar-refractivity contribution in [2.45, 2.75) is 38.5 Å². The first-order valence-corrected chi connectivity index (χ1v) is 21.9. The molecule has 0 aliphatic heterocycles. The van der Waals surface area contributed by atoms with Gasteiger partial charge in [0.15, 0.2) is 0 Å². The average Bonchev–Trinajstić information content (AvgIpc) is 4.07. The van der Waals surface area contributed by atoms with Crippen molar-refractivity contribution < 1.29 is 28.2 Å². The van der Waals surface area contributed by atoms with Crippen LogP contribution in [0.3, 0.4) is 0 Å². The van der Waals surface area contributed by atoms with Gasteiger partial charge >= 0.3 is 0 Å². The van der Waals surface area contributed by atoms with E-state index in [1.807, 2.05) is 65.8 Å². The molecule has 0 saturated heterocycles. The normalized spacial score (nSPS) is 10.4. The lowest BCUT2D eigenvalue weighted by Crippen LogP contribution is -2.14. The third-order valence-corrected chi connectivity index (χ3v) is 10.4. The van der Waals surface area contributed by atoms with E-state index < -0.39 is 11.6 Å². The van der Waals surface area contributed by atoms with E-state index in [1.54, 1.807) is 41.0 Å². The van der Waals surface area contributed by atoms with Gasteiger partial charge in [-0.25, -0.2) is 8.78 Å². The van der Waals surface area contributed by atoms with Crippen molar-refractivity contribution in [2.75, 3.05) is 23.1 Å². The summed E-state index contributed by atoms with van der Waals surface area (Å²) in [4.78, 5) is 24.9. The summed E-state index contributed by atoms with van der Waals surface area (Å²) in [5, 5.41) is 14.8. The van der Waals surface area contributed by atoms with Crippen molar-refractivity contribution in [2.24, 2.45) is 0 Å². The topological polar surface area (TPSA) is 97.5 Å². The first-order chi connectivity index (χ1) is 31.7. The Balaban J connectivity index is 0.000000182. The lowest BCUT2D eigenvalue weighted by Gasteiger charge is -2.13. The molecule has 0 spiro atoms. The van der Waals surface area contributed by atoms with Crippen LogP contribution in [0.15, 0.2) is 195 Å². The van der Waals surface area contributed by atoms with Gasteiger partial charge in [-0.15, -0.1) is 11.6 Å². The summed E-state index contributed by atoms with van der Waals surface area (Å²) in [5.74, 6) is 0.0595. The minimum absolute atomic E-state index is 0.0790. The second kappa shape index (κ2) is 25.0. The molecule has 8 aromatic rings. The maximum atomic E-state index is 13.8. The minimum atomic E-state index is -0.433. The first-order valence-electron chi connectivity index (χ1n) is 21.4. The average molecular weight is 893 g/mol. The van der Waals surface area contributed by atoms with Crippen LogP contribution in [0.25, 0.3) is 11.4 Å². The SMILES string of the molecule is ClCCCCc1ccccc1.O=C(Nc1cc(F)ccc1-n1cccc1)c1ccc(O)cc1.O=C(Nc1cc(F)ccc1-n1cccc1)c1ccc(OCCCCc2ccccc2)cc1. The van der Waals surface area contributed by atoms with E-state index in [-0.39, 0.29) is 17.6 Å². The van der Waals surface area contributed by atoms with Gasteiger partial charge in [-0.2, -0.15) is 0 Å². The van der Waals surface area contributed by atoms with Gasteiger partial charge in [-0.05, 0) is 159 Å². The molecule has 0 aliphatic rings. The van der Waals surface area contributed by atoms with Crippen LogP contribution in [0.5, 0.6) is 11.5 Å². The van der Waals surface area contributed by atoms with Crippen LogP contribution in [0, 0.1) is 11.6 Å². The third-order valence-electron chi connectivity index (χ3n) is 10.1. The fourth-order valence-electron chi connectivity index (χ4n) is 6.70. The molecule has 0 aliphatic carbocycles. The number of hydrogen-bond acceptors (Lipinski definition) is 4. The van der Waals surface area contributed by atoms with Crippen molar-refractivity contribution in [1.82, 2.24) is 9.13 Å². The highest BCUT2D eigenvalue weighted by Crippen LogP contribution is 2.25. The molecule has 0 fully saturated rings. The van der Waals surface area contributed by atoms with Gasteiger partial charge in [0.05, 0.1) is 29.4 Å². The Labute approximate surface area is 383 Å². The minimum Gasteiger partial charge on any atom is -0.508 e. The van der Waals surface area contributed by atoms with Gasteiger partial charge in [0.1, 0.15) is 23.1 Å². The van der Waals surface area contributed by atoms with Gasteiger partial charge in [0.25, 0.3) is 11.8 Å². The Morgan fingerprint density at radius 1 is 0.523 bits per heavy atom. The van der Waals surface area contributed by atoms with Crippen LogP contribution >= 0.6 is 11.6 Å². The number of phenolic OH excluding ortho intramolecular Hbond substituents is 1. The molecule has 11 heteroatoms. The summed E-state index contributed by atoms with van der Waals surface area (Å²) in [5.41, 5.74) is 5.74. The molecule has 3 N–H and O–H groups in total. The number of phenols is 1. The molecule has 2 heterocycles. The number of nitrogens with zero attached hydrogens (tertiary/aromatic N) is 2. The number of halogens is 3. The van der Waals surface area contributed by atoms with Gasteiger partial charge < -0.3 is 29.6 Å². The number of benzene rings is 6. The van der Waals surface area contributed by atoms with Gasteiger partial charge in [0.2, 0.25) is 0 Å². The third kappa shape index (κ3) is 15.1. The monoisotopic (exact) mass is 892 g/mol. The first kappa shape index (κ1) is 47.1. The van der Waals surface area contributed by atoms with E-state index in [1.165, 1.54) is 66.1 Å². The molecule has 0 saturated carbocycles.